The van der Waals surface area contributed by atoms with Crippen LogP contribution < -0.4 is 29.6 Å². The minimum absolute atomic E-state index is 0. The Kier molecular flexibility index (Phi) is 26.6. The molecule has 0 aromatic heterocycles. The van der Waals surface area contributed by atoms with E-state index in [2.05, 4.69) is 6.92 Å². The van der Waals surface area contributed by atoms with E-state index >= 15 is 0 Å². The van der Waals surface area contributed by atoms with Crippen LogP contribution in [0.2, 0.25) is 0 Å². The van der Waals surface area contributed by atoms with Crippen molar-refractivity contribution in [2.45, 2.75) is 77.7 Å². The number of rotatable bonds is 10. The third-order valence-corrected chi connectivity index (χ3v) is 2.60. The van der Waals surface area contributed by atoms with E-state index in [1.807, 2.05) is 0 Å². The smallest absolute Gasteiger partial charge is 0.481 e. The maximum atomic E-state index is 9.08. The second-order valence-electron chi connectivity index (χ2n) is 4.62. The second kappa shape index (κ2) is 20.7. The molecule has 0 aromatic rings. The van der Waals surface area contributed by atoms with Gasteiger partial charge in [0.15, 0.2) is 0 Å². The van der Waals surface area contributed by atoms with Crippen molar-refractivity contribution in [1.29, 1.82) is 0 Å². The van der Waals surface area contributed by atoms with E-state index in [0.717, 1.165) is 19.8 Å². The Labute approximate surface area is 139 Å². The van der Waals surface area contributed by atoms with Crippen molar-refractivity contribution in [2.24, 2.45) is 0 Å². The van der Waals surface area contributed by atoms with Gasteiger partial charge in [0.05, 0.1) is 12.7 Å². The van der Waals surface area contributed by atoms with Crippen molar-refractivity contribution in [3.63, 3.8) is 0 Å². The average Bonchev–Trinajstić information content (AvgIpc) is 2.31. The minimum atomic E-state index is -0.833. The van der Waals surface area contributed by atoms with E-state index in [4.69, 9.17) is 20.1 Å². The van der Waals surface area contributed by atoms with E-state index in [1.165, 1.54) is 44.9 Å². The molecule has 0 bridgehead atoms. The van der Waals surface area contributed by atoms with Crippen LogP contribution in [0.3, 0.4) is 0 Å². The molecule has 0 heterocycles. The fourth-order valence-electron chi connectivity index (χ4n) is 1.61. The summed E-state index contributed by atoms with van der Waals surface area (Å²) in [7, 11) is 0. The molecule has 0 fully saturated rings. The van der Waals surface area contributed by atoms with Crippen LogP contribution >= 0.6 is 0 Å². The Hall–Kier alpha value is 0.390. The summed E-state index contributed by atoms with van der Waals surface area (Å²) in [5.74, 6) is -0.833. The Morgan fingerprint density at radius 1 is 1.00 bits per heavy atom. The maximum Gasteiger partial charge on any atom is 1.00 e. The number of hydrogen-bond donors (Lipinski definition) is 3. The first-order valence-electron chi connectivity index (χ1n) is 7.03. The molecule has 0 aliphatic heterocycles. The molecule has 5 heteroatoms. The molecule has 3 N–H and O–H groups in total. The van der Waals surface area contributed by atoms with E-state index in [-0.39, 0.29) is 36.2 Å². The van der Waals surface area contributed by atoms with Gasteiger partial charge in [-0.2, -0.15) is 0 Å². The SMILES string of the molecule is CC(=O)O.CCCCCCCCCCC(O)CO.[Na+]. The van der Waals surface area contributed by atoms with Crippen LogP contribution in [-0.2, 0) is 4.79 Å². The summed E-state index contributed by atoms with van der Waals surface area (Å²) >= 11 is 0. The summed E-state index contributed by atoms with van der Waals surface area (Å²) in [5, 5.41) is 25.1. The number of aliphatic hydroxyl groups is 2. The normalized spacial score (nSPS) is 10.9. The van der Waals surface area contributed by atoms with Gasteiger partial charge in [0.2, 0.25) is 0 Å². The van der Waals surface area contributed by atoms with Gasteiger partial charge in [0.25, 0.3) is 5.97 Å². The van der Waals surface area contributed by atoms with Gasteiger partial charge in [-0.25, -0.2) is 0 Å². The predicted octanol–water partition coefficient (Wildman–Crippen LogP) is -0.0347. The van der Waals surface area contributed by atoms with Gasteiger partial charge < -0.3 is 15.3 Å². The van der Waals surface area contributed by atoms with Gasteiger partial charge in [-0.3, -0.25) is 4.79 Å². The molecule has 19 heavy (non-hydrogen) atoms. The molecule has 0 aliphatic carbocycles. The topological polar surface area (TPSA) is 77.8 Å². The standard InChI is InChI=1S/C12H26O2.C2H4O2.Na/c1-2-3-4-5-6-7-8-9-10-12(14)11-13;1-2(3)4;/h12-14H,2-11H2,1H3;1H3,(H,3,4);/q;;+1. The molecule has 4 nitrogen and oxygen atoms in total. The molecule has 0 aromatic carbocycles. The molecular formula is C14H30NaO4+. The molecular weight excluding hydrogens is 255 g/mol. The van der Waals surface area contributed by atoms with Crippen molar-refractivity contribution in [3.05, 3.63) is 0 Å². The van der Waals surface area contributed by atoms with Crippen LogP contribution in [0.15, 0.2) is 0 Å². The van der Waals surface area contributed by atoms with Crippen LogP contribution in [0.4, 0.5) is 0 Å². The number of carbonyl (C=O) groups is 1. The summed E-state index contributed by atoms with van der Waals surface area (Å²) in [6, 6.07) is 0. The van der Waals surface area contributed by atoms with Gasteiger partial charge in [-0.1, -0.05) is 58.3 Å². The zero-order valence-electron chi connectivity index (χ0n) is 12.9. The number of hydrogen-bond acceptors (Lipinski definition) is 3. The Morgan fingerprint density at radius 2 is 1.37 bits per heavy atom. The fourth-order valence-corrected chi connectivity index (χ4v) is 1.61. The molecule has 0 rings (SSSR count). The number of carboxylic acid groups (broad SMARTS) is 1. The molecule has 0 saturated heterocycles. The van der Waals surface area contributed by atoms with Crippen molar-refractivity contribution in [3.8, 4) is 0 Å². The zero-order chi connectivity index (χ0) is 14.2. The van der Waals surface area contributed by atoms with Gasteiger partial charge in [-0.05, 0) is 6.42 Å². The summed E-state index contributed by atoms with van der Waals surface area (Å²) in [5.41, 5.74) is 0. The largest absolute Gasteiger partial charge is 1.00 e. The molecule has 0 saturated carbocycles. The van der Waals surface area contributed by atoms with Crippen molar-refractivity contribution in [2.75, 3.05) is 6.61 Å². The zero-order valence-corrected chi connectivity index (χ0v) is 14.9. The first-order valence-corrected chi connectivity index (χ1v) is 7.03. The van der Waals surface area contributed by atoms with E-state index in [0.29, 0.717) is 0 Å². The molecule has 0 amide bonds. The summed E-state index contributed by atoms with van der Waals surface area (Å²) in [6.07, 6.45) is 10.5. The molecule has 1 unspecified atom stereocenters. The van der Waals surface area contributed by atoms with Crippen molar-refractivity contribution in [1.82, 2.24) is 0 Å². The van der Waals surface area contributed by atoms with E-state index in [1.54, 1.807) is 0 Å². The predicted molar refractivity (Wildman–Crippen MR) is 73.6 cm³/mol. The molecule has 110 valence electrons. The van der Waals surface area contributed by atoms with E-state index < -0.39 is 12.1 Å². The van der Waals surface area contributed by atoms with Gasteiger partial charge in [0.1, 0.15) is 0 Å². The second-order valence-corrected chi connectivity index (χ2v) is 4.62. The maximum absolute atomic E-state index is 9.08. The monoisotopic (exact) mass is 285 g/mol. The van der Waals surface area contributed by atoms with Gasteiger partial charge in [0, 0.05) is 6.92 Å². The molecule has 0 radical (unpaired) electrons. The third kappa shape index (κ3) is 32.2. The first-order chi connectivity index (χ1) is 8.54. The van der Waals surface area contributed by atoms with E-state index in [9.17, 15) is 0 Å². The molecule has 0 aliphatic rings. The minimum Gasteiger partial charge on any atom is -0.481 e. The quantitative estimate of drug-likeness (QED) is 0.389. The first kappa shape index (κ1) is 24.4. The Balaban J connectivity index is -0.000000448. The summed E-state index contributed by atoms with van der Waals surface area (Å²) < 4.78 is 0. The number of carboxylic acids is 1. The van der Waals surface area contributed by atoms with Gasteiger partial charge in [-0.15, -0.1) is 0 Å². The number of aliphatic hydroxyl groups excluding tert-OH is 2. The number of aliphatic carboxylic acids is 1. The number of unbranched alkanes of at least 4 members (excludes halogenated alkanes) is 7. The third-order valence-electron chi connectivity index (χ3n) is 2.60. The van der Waals surface area contributed by atoms with Crippen LogP contribution in [0, 0.1) is 0 Å². The fraction of sp³-hybridized carbons (Fsp3) is 0.929. The van der Waals surface area contributed by atoms with Crippen molar-refractivity contribution >= 4 is 5.97 Å². The van der Waals surface area contributed by atoms with Crippen LogP contribution in [0.5, 0.6) is 0 Å². The summed E-state index contributed by atoms with van der Waals surface area (Å²) in [4.78, 5) is 9.00. The average molecular weight is 285 g/mol. The Bertz CT molecular complexity index is 173. The summed E-state index contributed by atoms with van der Waals surface area (Å²) in [6.45, 7) is 3.23. The van der Waals surface area contributed by atoms with Crippen LogP contribution in [-0.4, -0.2) is 34.0 Å². The van der Waals surface area contributed by atoms with Gasteiger partial charge >= 0.3 is 29.6 Å². The van der Waals surface area contributed by atoms with Crippen LogP contribution in [0.1, 0.15) is 71.6 Å². The van der Waals surface area contributed by atoms with Crippen LogP contribution in [0.25, 0.3) is 0 Å². The molecule has 0 spiro atoms. The van der Waals surface area contributed by atoms with Crippen molar-refractivity contribution < 1.29 is 49.7 Å². The molecule has 1 atom stereocenters. The Morgan fingerprint density at radius 3 is 1.74 bits per heavy atom.